The Morgan fingerprint density at radius 1 is 0.550 bits per heavy atom. The van der Waals surface area contributed by atoms with E-state index in [2.05, 4.69) is 94.8 Å². The predicted molar refractivity (Wildman–Crippen MR) is 165 cm³/mol. The highest BCUT2D eigenvalue weighted by Crippen LogP contribution is 2.35. The molecule has 0 radical (unpaired) electrons. The van der Waals surface area contributed by atoms with Gasteiger partial charge in [-0.2, -0.15) is 0 Å². The first-order valence-corrected chi connectivity index (χ1v) is 13.4. The molecule has 0 aliphatic carbocycles. The highest BCUT2D eigenvalue weighted by atomic mass is 15.0. The smallest absolute Gasteiger partial charge is 0.154 e. The SMILES string of the molecule is NCc1nc(-c2ccc(-n3c4ccccc4c4ccccc43)cc2)c(-c2ccccc2)nc1Nc1ccccc1. The maximum absolute atomic E-state index is 6.19. The molecule has 0 aliphatic heterocycles. The molecule has 2 heterocycles. The summed E-state index contributed by atoms with van der Waals surface area (Å²) in [5.74, 6) is 0.665. The Bertz CT molecular complexity index is 1890. The van der Waals surface area contributed by atoms with Crippen molar-refractivity contribution >= 4 is 33.3 Å². The molecule has 3 N–H and O–H groups in total. The lowest BCUT2D eigenvalue weighted by Crippen LogP contribution is -2.09. The number of aromatic nitrogens is 3. The lowest BCUT2D eigenvalue weighted by atomic mass is 10.0. The summed E-state index contributed by atoms with van der Waals surface area (Å²) in [5, 5.41) is 5.90. The van der Waals surface area contributed by atoms with E-state index in [0.717, 1.165) is 33.9 Å². The fourth-order valence-corrected chi connectivity index (χ4v) is 5.34. The first-order valence-electron chi connectivity index (χ1n) is 13.4. The molecule has 40 heavy (non-hydrogen) atoms. The molecule has 0 spiro atoms. The molecule has 0 atom stereocenters. The monoisotopic (exact) mass is 517 g/mol. The van der Waals surface area contributed by atoms with Crippen LogP contribution in [-0.4, -0.2) is 14.5 Å². The van der Waals surface area contributed by atoms with Gasteiger partial charge in [-0.25, -0.2) is 9.97 Å². The van der Waals surface area contributed by atoms with Crippen LogP contribution in [0.3, 0.4) is 0 Å². The summed E-state index contributed by atoms with van der Waals surface area (Å²) < 4.78 is 2.32. The molecule has 0 fully saturated rings. The first kappa shape index (κ1) is 23.8. The summed E-state index contributed by atoms with van der Waals surface area (Å²) in [6, 6.07) is 45.8. The number of nitrogens with one attached hydrogen (secondary N) is 1. The van der Waals surface area contributed by atoms with Gasteiger partial charge in [-0.15, -0.1) is 0 Å². The van der Waals surface area contributed by atoms with Crippen LogP contribution in [0.4, 0.5) is 11.5 Å². The fourth-order valence-electron chi connectivity index (χ4n) is 5.34. The van der Waals surface area contributed by atoms with E-state index in [-0.39, 0.29) is 6.54 Å². The van der Waals surface area contributed by atoms with E-state index in [1.54, 1.807) is 0 Å². The first-order chi connectivity index (χ1) is 19.8. The number of hydrogen-bond donors (Lipinski definition) is 2. The third-order valence-electron chi connectivity index (χ3n) is 7.22. The zero-order valence-electron chi connectivity index (χ0n) is 21.8. The number of rotatable bonds is 6. The fraction of sp³-hybridized carbons (Fsp3) is 0.0286. The molecule has 5 heteroatoms. The molecule has 0 saturated carbocycles. The van der Waals surface area contributed by atoms with Crippen LogP contribution in [0.2, 0.25) is 0 Å². The van der Waals surface area contributed by atoms with Crippen molar-refractivity contribution in [1.29, 1.82) is 0 Å². The summed E-state index contributed by atoms with van der Waals surface area (Å²) in [7, 11) is 0. The summed E-state index contributed by atoms with van der Waals surface area (Å²) in [6.45, 7) is 0.268. The van der Waals surface area contributed by atoms with Crippen molar-refractivity contribution in [2.24, 2.45) is 5.73 Å². The van der Waals surface area contributed by atoms with Crippen LogP contribution in [0.1, 0.15) is 5.69 Å². The van der Waals surface area contributed by atoms with Gasteiger partial charge in [-0.05, 0) is 36.4 Å². The number of para-hydroxylation sites is 3. The van der Waals surface area contributed by atoms with Gasteiger partial charge >= 0.3 is 0 Å². The van der Waals surface area contributed by atoms with Crippen molar-refractivity contribution in [2.75, 3.05) is 5.32 Å². The van der Waals surface area contributed by atoms with Crippen molar-refractivity contribution in [2.45, 2.75) is 6.54 Å². The Morgan fingerprint density at radius 3 is 1.70 bits per heavy atom. The van der Waals surface area contributed by atoms with Gasteiger partial charge in [0.15, 0.2) is 5.82 Å². The van der Waals surface area contributed by atoms with Crippen LogP contribution in [0.5, 0.6) is 0 Å². The summed E-state index contributed by atoms with van der Waals surface area (Å²) >= 11 is 0. The van der Waals surface area contributed by atoms with Gasteiger partial charge in [0.25, 0.3) is 0 Å². The molecular formula is C35H27N5. The normalized spacial score (nSPS) is 11.2. The summed E-state index contributed by atoms with van der Waals surface area (Å²) in [6.07, 6.45) is 0. The number of anilines is 2. The van der Waals surface area contributed by atoms with Crippen molar-refractivity contribution in [3.63, 3.8) is 0 Å². The molecule has 0 unspecified atom stereocenters. The van der Waals surface area contributed by atoms with Gasteiger partial charge < -0.3 is 15.6 Å². The van der Waals surface area contributed by atoms with Crippen LogP contribution in [-0.2, 0) is 6.54 Å². The average molecular weight is 518 g/mol. The Hall–Kier alpha value is -5.26. The standard InChI is InChI=1S/C35H27N5/c36-23-30-35(37-26-13-5-2-6-14-26)39-34(24-11-3-1-4-12-24)33(38-30)25-19-21-27(22-20-25)40-31-17-9-7-15-28(31)29-16-8-10-18-32(29)40/h1-22H,23,36H2,(H,37,39). The molecule has 192 valence electrons. The highest BCUT2D eigenvalue weighted by Gasteiger charge is 2.17. The van der Waals surface area contributed by atoms with Gasteiger partial charge in [0.05, 0.1) is 28.1 Å². The largest absolute Gasteiger partial charge is 0.339 e. The maximum Gasteiger partial charge on any atom is 0.154 e. The van der Waals surface area contributed by atoms with Gasteiger partial charge in [-0.3, -0.25) is 0 Å². The van der Waals surface area contributed by atoms with E-state index in [1.165, 1.54) is 21.8 Å². The zero-order valence-corrected chi connectivity index (χ0v) is 21.8. The third kappa shape index (κ3) is 4.19. The minimum absolute atomic E-state index is 0.268. The van der Waals surface area contributed by atoms with E-state index in [4.69, 9.17) is 15.7 Å². The van der Waals surface area contributed by atoms with Gasteiger partial charge in [0.2, 0.25) is 0 Å². The Balaban J connectivity index is 1.36. The number of hydrogen-bond acceptors (Lipinski definition) is 4. The maximum atomic E-state index is 6.19. The van der Waals surface area contributed by atoms with Crippen LogP contribution in [0.25, 0.3) is 50.0 Å². The second-order valence-electron chi connectivity index (χ2n) is 9.69. The quantitative estimate of drug-likeness (QED) is 0.234. The number of nitrogens with two attached hydrogens (primary N) is 1. The number of nitrogens with zero attached hydrogens (tertiary/aromatic N) is 3. The second-order valence-corrected chi connectivity index (χ2v) is 9.69. The molecule has 0 bridgehead atoms. The van der Waals surface area contributed by atoms with Crippen LogP contribution >= 0.6 is 0 Å². The van der Waals surface area contributed by atoms with E-state index >= 15 is 0 Å². The van der Waals surface area contributed by atoms with Gasteiger partial charge in [0, 0.05) is 39.8 Å². The zero-order chi connectivity index (χ0) is 26.9. The van der Waals surface area contributed by atoms with Crippen molar-refractivity contribution < 1.29 is 0 Å². The summed E-state index contributed by atoms with van der Waals surface area (Å²) in [5.41, 5.74) is 14.9. The van der Waals surface area contributed by atoms with E-state index in [1.807, 2.05) is 48.5 Å². The molecule has 7 aromatic rings. The predicted octanol–water partition coefficient (Wildman–Crippen LogP) is 8.11. The molecule has 5 aromatic carbocycles. The minimum Gasteiger partial charge on any atom is -0.339 e. The minimum atomic E-state index is 0.268. The second kappa shape index (κ2) is 10.1. The lowest BCUT2D eigenvalue weighted by Gasteiger charge is -2.16. The van der Waals surface area contributed by atoms with Crippen LogP contribution in [0, 0.1) is 0 Å². The van der Waals surface area contributed by atoms with Crippen LogP contribution < -0.4 is 11.1 Å². The molecule has 0 saturated heterocycles. The molecule has 0 amide bonds. The Morgan fingerprint density at radius 2 is 1.07 bits per heavy atom. The Kier molecular flexibility index (Phi) is 6.04. The molecular weight excluding hydrogens is 490 g/mol. The topological polar surface area (TPSA) is 68.8 Å². The highest BCUT2D eigenvalue weighted by molar-refractivity contribution is 6.09. The van der Waals surface area contributed by atoms with E-state index in [9.17, 15) is 0 Å². The molecule has 0 aliphatic rings. The van der Waals surface area contributed by atoms with E-state index < -0.39 is 0 Å². The van der Waals surface area contributed by atoms with Crippen molar-refractivity contribution in [1.82, 2.24) is 14.5 Å². The van der Waals surface area contributed by atoms with Gasteiger partial charge in [-0.1, -0.05) is 97.1 Å². The van der Waals surface area contributed by atoms with Crippen LogP contribution in [0.15, 0.2) is 133 Å². The molecule has 5 nitrogen and oxygen atoms in total. The van der Waals surface area contributed by atoms with Crippen molar-refractivity contribution in [3.05, 3.63) is 139 Å². The molecule has 2 aromatic heterocycles. The lowest BCUT2D eigenvalue weighted by molar-refractivity contribution is 0.974. The number of fused-ring (bicyclic) bond motifs is 3. The number of benzene rings is 5. The summed E-state index contributed by atoms with van der Waals surface area (Å²) in [4.78, 5) is 10.2. The van der Waals surface area contributed by atoms with Crippen molar-refractivity contribution in [3.8, 4) is 28.2 Å². The van der Waals surface area contributed by atoms with E-state index in [0.29, 0.717) is 11.5 Å². The Labute approximate surface area is 232 Å². The average Bonchev–Trinajstić information content (AvgIpc) is 3.36. The van der Waals surface area contributed by atoms with Gasteiger partial charge in [0.1, 0.15) is 0 Å². The third-order valence-corrected chi connectivity index (χ3v) is 7.22. The molecule has 7 rings (SSSR count).